The maximum atomic E-state index is 13.3. The highest BCUT2D eigenvalue weighted by atomic mass is 32.2. The Kier molecular flexibility index (Phi) is 6.11. The van der Waals surface area contributed by atoms with E-state index in [1.54, 1.807) is 18.2 Å². The first-order chi connectivity index (χ1) is 15.7. The number of carbonyl (C=O) groups is 1. The number of anilines is 1. The van der Waals surface area contributed by atoms with Crippen molar-refractivity contribution in [1.82, 2.24) is 0 Å². The van der Waals surface area contributed by atoms with Crippen LogP contribution in [0.25, 0.3) is 6.08 Å². The van der Waals surface area contributed by atoms with Gasteiger partial charge < -0.3 is 24.1 Å². The highest BCUT2D eigenvalue weighted by Crippen LogP contribution is 2.47. The number of fused-ring (bicyclic) bond motifs is 1. The molecule has 1 aliphatic heterocycles. The number of sulfonamides is 1. The average Bonchev–Trinajstić information content (AvgIpc) is 3.13. The molecule has 176 valence electrons. The van der Waals surface area contributed by atoms with Crippen molar-refractivity contribution < 1.29 is 37.3 Å². The van der Waals surface area contributed by atoms with Crippen molar-refractivity contribution in [2.24, 2.45) is 0 Å². The predicted molar refractivity (Wildman–Crippen MR) is 121 cm³/mol. The largest absolute Gasteiger partial charge is 0.493 e. The third kappa shape index (κ3) is 4.70. The lowest BCUT2D eigenvalue weighted by molar-refractivity contribution is -0.131. The van der Waals surface area contributed by atoms with Gasteiger partial charge in [-0.05, 0) is 48.7 Å². The van der Waals surface area contributed by atoms with Crippen molar-refractivity contribution in [2.45, 2.75) is 42.8 Å². The number of nitrogens with one attached hydrogen (secondary N) is 1. The fourth-order valence-corrected chi connectivity index (χ4v) is 5.34. The summed E-state index contributed by atoms with van der Waals surface area (Å²) in [4.78, 5) is 10.7. The monoisotopic (exact) mass is 475 g/mol. The Morgan fingerprint density at radius 1 is 1.06 bits per heavy atom. The van der Waals surface area contributed by atoms with Crippen LogP contribution in [-0.2, 0) is 14.8 Å². The van der Waals surface area contributed by atoms with E-state index in [0.717, 1.165) is 38.2 Å². The number of carboxylic acid groups (broad SMARTS) is 1. The van der Waals surface area contributed by atoms with Gasteiger partial charge in [-0.2, -0.15) is 0 Å². The van der Waals surface area contributed by atoms with Gasteiger partial charge in [-0.15, -0.1) is 0 Å². The molecule has 2 aromatic rings. The molecule has 4 rings (SSSR count). The van der Waals surface area contributed by atoms with Crippen molar-refractivity contribution in [3.63, 3.8) is 0 Å². The molecule has 1 saturated carbocycles. The van der Waals surface area contributed by atoms with Crippen LogP contribution in [0.1, 0.15) is 37.7 Å². The van der Waals surface area contributed by atoms with Crippen LogP contribution in [0, 0.1) is 0 Å². The van der Waals surface area contributed by atoms with Crippen LogP contribution in [0.4, 0.5) is 5.69 Å². The fourth-order valence-electron chi connectivity index (χ4n) is 4.08. The van der Waals surface area contributed by atoms with Gasteiger partial charge in [0.15, 0.2) is 23.0 Å². The van der Waals surface area contributed by atoms with Gasteiger partial charge >= 0.3 is 5.97 Å². The lowest BCUT2D eigenvalue weighted by Crippen LogP contribution is -2.40. The molecule has 2 aliphatic rings. The van der Waals surface area contributed by atoms with Crippen LogP contribution < -0.4 is 23.7 Å². The molecule has 2 aromatic carbocycles. The molecule has 0 amide bonds. The first-order valence-electron chi connectivity index (χ1n) is 10.5. The zero-order chi connectivity index (χ0) is 23.6. The maximum Gasteiger partial charge on any atom is 0.328 e. The van der Waals surface area contributed by atoms with Crippen LogP contribution in [0.15, 0.2) is 41.3 Å². The number of methoxy groups -OCH3 is 2. The lowest BCUT2D eigenvalue weighted by Gasteiger charge is -2.31. The molecule has 1 aliphatic carbocycles. The second-order valence-electron chi connectivity index (χ2n) is 7.87. The fraction of sp³-hybridized carbons (Fsp3) is 0.348. The van der Waals surface area contributed by atoms with E-state index < -0.39 is 21.8 Å². The molecule has 1 heterocycles. The number of rotatable bonds is 7. The minimum absolute atomic E-state index is 0.000577. The van der Waals surface area contributed by atoms with Gasteiger partial charge in [0.2, 0.25) is 0 Å². The van der Waals surface area contributed by atoms with Crippen molar-refractivity contribution >= 4 is 27.8 Å². The Bertz CT molecular complexity index is 1200. The third-order valence-corrected chi connectivity index (χ3v) is 6.96. The summed E-state index contributed by atoms with van der Waals surface area (Å²) in [7, 11) is -1.44. The summed E-state index contributed by atoms with van der Waals surface area (Å²) in [5.74, 6) is -0.614. The maximum absolute atomic E-state index is 13.3. The molecule has 33 heavy (non-hydrogen) atoms. The SMILES string of the molecule is COc1cc(/C=C/C(=O)O)cc(S(=O)(=O)Nc2ccc3c(c2)OC2(CCCCC2)O3)c1OC. The van der Waals surface area contributed by atoms with E-state index in [1.807, 2.05) is 0 Å². The first kappa shape index (κ1) is 22.8. The van der Waals surface area contributed by atoms with E-state index in [2.05, 4.69) is 4.72 Å². The molecule has 0 unspecified atom stereocenters. The topological polar surface area (TPSA) is 120 Å². The molecule has 0 bridgehead atoms. The minimum atomic E-state index is -4.13. The molecule has 1 spiro atoms. The average molecular weight is 476 g/mol. The molecule has 0 saturated heterocycles. The first-order valence-corrected chi connectivity index (χ1v) is 12.0. The molecule has 10 heteroatoms. The van der Waals surface area contributed by atoms with E-state index in [9.17, 15) is 13.2 Å². The molecular weight excluding hydrogens is 450 g/mol. The molecule has 0 atom stereocenters. The summed E-state index contributed by atoms with van der Waals surface area (Å²) in [6, 6.07) is 7.67. The zero-order valence-electron chi connectivity index (χ0n) is 18.3. The van der Waals surface area contributed by atoms with E-state index in [0.29, 0.717) is 17.1 Å². The molecule has 0 aromatic heterocycles. The summed E-state index contributed by atoms with van der Waals surface area (Å²) < 4.78 is 51.8. The molecule has 0 radical (unpaired) electrons. The summed E-state index contributed by atoms with van der Waals surface area (Å²) >= 11 is 0. The highest BCUT2D eigenvalue weighted by Gasteiger charge is 2.42. The van der Waals surface area contributed by atoms with Gasteiger partial charge in [0.25, 0.3) is 15.8 Å². The predicted octanol–water partition coefficient (Wildman–Crippen LogP) is 4.03. The molecular formula is C23H25NO8S. The summed E-state index contributed by atoms with van der Waals surface area (Å²) in [5.41, 5.74) is 0.609. The second kappa shape index (κ2) is 8.86. The number of hydrogen-bond donors (Lipinski definition) is 2. The van der Waals surface area contributed by atoms with E-state index in [-0.39, 0.29) is 22.1 Å². The summed E-state index contributed by atoms with van der Waals surface area (Å²) in [6.07, 6.45) is 6.93. The number of aliphatic carboxylic acids is 1. The third-order valence-electron chi connectivity index (χ3n) is 5.58. The van der Waals surface area contributed by atoms with Gasteiger partial charge in [0, 0.05) is 25.0 Å². The standard InChI is InChI=1S/C23H25NO8S/c1-29-19-12-15(6-9-21(25)26)13-20(22(19)30-2)33(27,28)24-16-7-8-17-18(14-16)32-23(31-17)10-4-3-5-11-23/h6-9,12-14,24H,3-5,10-11H2,1-2H3,(H,25,26)/b9-6+. The van der Waals surface area contributed by atoms with Crippen molar-refractivity contribution in [2.75, 3.05) is 18.9 Å². The van der Waals surface area contributed by atoms with Gasteiger partial charge in [-0.3, -0.25) is 4.72 Å². The highest BCUT2D eigenvalue weighted by molar-refractivity contribution is 7.92. The van der Waals surface area contributed by atoms with Gasteiger partial charge in [0.1, 0.15) is 4.90 Å². The van der Waals surface area contributed by atoms with Crippen LogP contribution >= 0.6 is 0 Å². The Hall–Kier alpha value is -3.40. The van der Waals surface area contributed by atoms with E-state index in [4.69, 9.17) is 24.1 Å². The number of hydrogen-bond acceptors (Lipinski definition) is 7. The Labute approximate surface area is 192 Å². The Balaban J connectivity index is 1.65. The van der Waals surface area contributed by atoms with Crippen LogP contribution in [0.2, 0.25) is 0 Å². The van der Waals surface area contributed by atoms with Gasteiger partial charge in [0.05, 0.1) is 19.9 Å². The van der Waals surface area contributed by atoms with Gasteiger partial charge in [-0.25, -0.2) is 13.2 Å². The summed E-state index contributed by atoms with van der Waals surface area (Å²) in [6.45, 7) is 0. The van der Waals surface area contributed by atoms with Crippen LogP contribution in [0.5, 0.6) is 23.0 Å². The quantitative estimate of drug-likeness (QED) is 0.576. The number of benzene rings is 2. The van der Waals surface area contributed by atoms with Crippen LogP contribution in [-0.4, -0.2) is 39.5 Å². The van der Waals surface area contributed by atoms with Crippen LogP contribution in [0.3, 0.4) is 0 Å². The van der Waals surface area contributed by atoms with Crippen molar-refractivity contribution in [1.29, 1.82) is 0 Å². The van der Waals surface area contributed by atoms with Gasteiger partial charge in [-0.1, -0.05) is 6.42 Å². The van der Waals surface area contributed by atoms with E-state index in [1.165, 1.54) is 32.4 Å². The molecule has 9 nitrogen and oxygen atoms in total. The van der Waals surface area contributed by atoms with E-state index >= 15 is 0 Å². The number of ether oxygens (including phenoxy) is 4. The minimum Gasteiger partial charge on any atom is -0.493 e. The Morgan fingerprint density at radius 3 is 2.45 bits per heavy atom. The Morgan fingerprint density at radius 2 is 1.79 bits per heavy atom. The summed E-state index contributed by atoms with van der Waals surface area (Å²) in [5, 5.41) is 8.90. The smallest absolute Gasteiger partial charge is 0.328 e. The zero-order valence-corrected chi connectivity index (χ0v) is 19.1. The lowest BCUT2D eigenvalue weighted by atomic mass is 9.94. The normalized spacial score (nSPS) is 16.7. The second-order valence-corrected chi connectivity index (χ2v) is 9.52. The van der Waals surface area contributed by atoms with Crippen molar-refractivity contribution in [3.8, 4) is 23.0 Å². The van der Waals surface area contributed by atoms with Crippen molar-refractivity contribution in [3.05, 3.63) is 42.0 Å². The molecule has 1 fully saturated rings. The number of carboxylic acids is 1. The molecule has 2 N–H and O–H groups in total.